The van der Waals surface area contributed by atoms with Gasteiger partial charge in [-0.15, -0.1) is 0 Å². The van der Waals surface area contributed by atoms with Crippen LogP contribution < -0.4 is 4.72 Å². The fraction of sp³-hybridized carbons (Fsp3) is 0.400. The van der Waals surface area contributed by atoms with Crippen molar-refractivity contribution in [2.24, 2.45) is 0 Å². The van der Waals surface area contributed by atoms with Crippen molar-refractivity contribution in [1.82, 2.24) is 9.62 Å². The predicted octanol–water partition coefficient (Wildman–Crippen LogP) is 2.36. The Labute approximate surface area is 160 Å². The molecule has 7 heteroatoms. The summed E-state index contributed by atoms with van der Waals surface area (Å²) < 4.78 is 46.9. The minimum absolute atomic E-state index is 0.0209. The lowest BCUT2D eigenvalue weighted by Crippen LogP contribution is -2.49. The van der Waals surface area contributed by atoms with E-state index < -0.39 is 15.8 Å². The molecule has 0 aromatic heterocycles. The first-order chi connectivity index (χ1) is 13.0. The molecule has 2 aromatic rings. The van der Waals surface area contributed by atoms with Crippen LogP contribution in [0, 0.1) is 12.7 Å². The summed E-state index contributed by atoms with van der Waals surface area (Å²) in [6, 6.07) is 13.9. The quantitative estimate of drug-likeness (QED) is 0.786. The number of benzene rings is 2. The first kappa shape index (κ1) is 19.9. The van der Waals surface area contributed by atoms with Crippen LogP contribution in [0.25, 0.3) is 0 Å². The number of sulfonamides is 1. The van der Waals surface area contributed by atoms with Gasteiger partial charge in [0.25, 0.3) is 0 Å². The Kier molecular flexibility index (Phi) is 6.59. The van der Waals surface area contributed by atoms with Gasteiger partial charge < -0.3 is 4.74 Å². The molecule has 1 N–H and O–H groups in total. The van der Waals surface area contributed by atoms with Crippen molar-refractivity contribution in [3.63, 3.8) is 0 Å². The molecule has 1 aliphatic rings. The van der Waals surface area contributed by atoms with Crippen molar-refractivity contribution < 1.29 is 17.5 Å². The summed E-state index contributed by atoms with van der Waals surface area (Å²) in [5.41, 5.74) is 1.47. The zero-order valence-electron chi connectivity index (χ0n) is 15.4. The minimum atomic E-state index is -3.70. The maximum absolute atomic E-state index is 13.5. The molecule has 1 fully saturated rings. The van der Waals surface area contributed by atoms with Gasteiger partial charge in [-0.1, -0.05) is 30.3 Å². The van der Waals surface area contributed by atoms with Gasteiger partial charge in [-0.3, -0.25) is 4.90 Å². The second-order valence-corrected chi connectivity index (χ2v) is 8.52. The van der Waals surface area contributed by atoms with E-state index in [2.05, 4.69) is 9.62 Å². The maximum Gasteiger partial charge on any atom is 0.240 e. The molecular formula is C20H25FN2O3S. The predicted molar refractivity (Wildman–Crippen MR) is 103 cm³/mol. The van der Waals surface area contributed by atoms with Gasteiger partial charge in [0.05, 0.1) is 18.1 Å². The lowest BCUT2D eigenvalue weighted by Gasteiger charge is -2.34. The fourth-order valence-corrected chi connectivity index (χ4v) is 4.39. The molecule has 0 spiro atoms. The van der Waals surface area contributed by atoms with Gasteiger partial charge in [0, 0.05) is 25.7 Å². The minimum Gasteiger partial charge on any atom is -0.379 e. The molecule has 1 unspecified atom stereocenters. The Morgan fingerprint density at radius 2 is 1.85 bits per heavy atom. The third-order valence-corrected chi connectivity index (χ3v) is 6.25. The summed E-state index contributed by atoms with van der Waals surface area (Å²) in [7, 11) is -3.70. The summed E-state index contributed by atoms with van der Waals surface area (Å²) >= 11 is 0. The van der Waals surface area contributed by atoms with Gasteiger partial charge in [0.1, 0.15) is 5.82 Å². The summed E-state index contributed by atoms with van der Waals surface area (Å²) in [6.07, 6.45) is 0.742. The first-order valence-electron chi connectivity index (χ1n) is 9.07. The van der Waals surface area contributed by atoms with Crippen molar-refractivity contribution in [2.75, 3.05) is 32.8 Å². The van der Waals surface area contributed by atoms with Crippen molar-refractivity contribution in [3.8, 4) is 0 Å². The molecule has 27 heavy (non-hydrogen) atoms. The molecule has 1 aliphatic heterocycles. The molecule has 3 rings (SSSR count). The SMILES string of the molecule is Cc1cc(S(=O)(=O)NCC(Cc2ccccc2)N2CCOCC2)ccc1F. The Morgan fingerprint density at radius 3 is 2.52 bits per heavy atom. The van der Waals surface area contributed by atoms with Gasteiger partial charge in [-0.05, 0) is 42.7 Å². The van der Waals surface area contributed by atoms with E-state index >= 15 is 0 Å². The molecular weight excluding hydrogens is 367 g/mol. The topological polar surface area (TPSA) is 58.6 Å². The number of ether oxygens (including phenoxy) is 1. The van der Waals surface area contributed by atoms with Crippen LogP contribution in [0.15, 0.2) is 53.4 Å². The summed E-state index contributed by atoms with van der Waals surface area (Å²) in [5, 5.41) is 0. The number of morpholine rings is 1. The molecule has 2 aromatic carbocycles. The molecule has 1 saturated heterocycles. The number of hydrogen-bond donors (Lipinski definition) is 1. The highest BCUT2D eigenvalue weighted by molar-refractivity contribution is 7.89. The van der Waals surface area contributed by atoms with Crippen LogP contribution in [-0.4, -0.2) is 52.2 Å². The molecule has 5 nitrogen and oxygen atoms in total. The highest BCUT2D eigenvalue weighted by atomic mass is 32.2. The molecule has 1 heterocycles. The lowest BCUT2D eigenvalue weighted by molar-refractivity contribution is 0.0177. The molecule has 0 bridgehead atoms. The zero-order chi connectivity index (χ0) is 19.3. The number of halogens is 1. The standard InChI is InChI=1S/C20H25FN2O3S/c1-16-13-19(7-8-20(16)21)27(24,25)22-15-18(23-9-11-26-12-10-23)14-17-5-3-2-4-6-17/h2-8,13,18,22H,9-12,14-15H2,1H3. The van der Waals surface area contributed by atoms with E-state index in [-0.39, 0.29) is 17.5 Å². The Hall–Kier alpha value is -1.80. The van der Waals surface area contributed by atoms with Gasteiger partial charge in [-0.25, -0.2) is 17.5 Å². The Balaban J connectivity index is 1.73. The van der Waals surface area contributed by atoms with Crippen LogP contribution in [0.4, 0.5) is 4.39 Å². The van der Waals surface area contributed by atoms with E-state index in [0.29, 0.717) is 18.8 Å². The van der Waals surface area contributed by atoms with E-state index in [4.69, 9.17) is 4.74 Å². The number of aryl methyl sites for hydroxylation is 1. The van der Waals surface area contributed by atoms with Crippen LogP contribution in [-0.2, 0) is 21.2 Å². The van der Waals surface area contributed by atoms with Crippen LogP contribution in [0.3, 0.4) is 0 Å². The zero-order valence-corrected chi connectivity index (χ0v) is 16.2. The summed E-state index contributed by atoms with van der Waals surface area (Å²) in [5.74, 6) is -0.413. The third-order valence-electron chi connectivity index (χ3n) is 4.82. The van der Waals surface area contributed by atoms with Crippen molar-refractivity contribution >= 4 is 10.0 Å². The highest BCUT2D eigenvalue weighted by Crippen LogP contribution is 2.16. The number of rotatable bonds is 7. The summed E-state index contributed by atoms with van der Waals surface area (Å²) in [6.45, 7) is 4.68. The van der Waals surface area contributed by atoms with Gasteiger partial charge >= 0.3 is 0 Å². The maximum atomic E-state index is 13.5. The van der Waals surface area contributed by atoms with Gasteiger partial charge in [0.2, 0.25) is 10.0 Å². The molecule has 1 atom stereocenters. The van der Waals surface area contributed by atoms with Gasteiger partial charge in [0.15, 0.2) is 0 Å². The number of nitrogens with one attached hydrogen (secondary N) is 1. The molecule has 0 amide bonds. The van der Waals surface area contributed by atoms with E-state index in [1.54, 1.807) is 6.92 Å². The lowest BCUT2D eigenvalue weighted by atomic mass is 10.0. The average molecular weight is 392 g/mol. The van der Waals surface area contributed by atoms with Crippen molar-refractivity contribution in [3.05, 3.63) is 65.5 Å². The van der Waals surface area contributed by atoms with Crippen LogP contribution in [0.5, 0.6) is 0 Å². The highest BCUT2D eigenvalue weighted by Gasteiger charge is 2.24. The molecule has 0 aliphatic carbocycles. The van der Waals surface area contributed by atoms with Crippen LogP contribution >= 0.6 is 0 Å². The van der Waals surface area contributed by atoms with Crippen LogP contribution in [0.1, 0.15) is 11.1 Å². The Bertz CT molecular complexity index is 853. The Morgan fingerprint density at radius 1 is 1.15 bits per heavy atom. The van der Waals surface area contributed by atoms with E-state index in [1.165, 1.54) is 18.2 Å². The number of nitrogens with zero attached hydrogens (tertiary/aromatic N) is 1. The number of hydrogen-bond acceptors (Lipinski definition) is 4. The van der Waals surface area contributed by atoms with Crippen molar-refractivity contribution in [2.45, 2.75) is 24.3 Å². The normalized spacial score (nSPS) is 17.0. The van der Waals surface area contributed by atoms with E-state index in [0.717, 1.165) is 25.1 Å². The first-order valence-corrected chi connectivity index (χ1v) is 10.6. The largest absolute Gasteiger partial charge is 0.379 e. The molecule has 0 radical (unpaired) electrons. The van der Waals surface area contributed by atoms with Crippen LogP contribution in [0.2, 0.25) is 0 Å². The fourth-order valence-electron chi connectivity index (χ4n) is 3.23. The van der Waals surface area contributed by atoms with E-state index in [9.17, 15) is 12.8 Å². The second kappa shape index (κ2) is 8.93. The third kappa shape index (κ3) is 5.35. The summed E-state index contributed by atoms with van der Waals surface area (Å²) in [4.78, 5) is 2.34. The van der Waals surface area contributed by atoms with E-state index in [1.807, 2.05) is 30.3 Å². The molecule has 146 valence electrons. The van der Waals surface area contributed by atoms with Gasteiger partial charge in [-0.2, -0.15) is 0 Å². The second-order valence-electron chi connectivity index (χ2n) is 6.75. The molecule has 0 saturated carbocycles. The van der Waals surface area contributed by atoms with Crippen molar-refractivity contribution in [1.29, 1.82) is 0 Å². The average Bonchev–Trinajstić information content (AvgIpc) is 2.68. The smallest absolute Gasteiger partial charge is 0.240 e. The monoisotopic (exact) mass is 392 g/mol.